The standard InChI is InChI=1S/C16H13N5OS2/c1-10-5-6-11-12(8-10)24-15(17-11)18-14(22)9-23-16-20-19-13-4-2-3-7-21(13)16/h2-8H,9H2,1H3,(H,17,18,22). The Bertz CT molecular complexity index is 1040. The number of benzene rings is 1. The van der Waals surface area contributed by atoms with E-state index < -0.39 is 0 Å². The maximum absolute atomic E-state index is 12.2. The Morgan fingerprint density at radius 2 is 2.21 bits per heavy atom. The second kappa shape index (κ2) is 6.21. The molecule has 0 bridgehead atoms. The summed E-state index contributed by atoms with van der Waals surface area (Å²) in [7, 11) is 0. The third-order valence-corrected chi connectivity index (χ3v) is 5.28. The zero-order valence-electron chi connectivity index (χ0n) is 12.8. The number of nitrogens with zero attached hydrogens (tertiary/aromatic N) is 4. The number of nitrogens with one attached hydrogen (secondary N) is 1. The van der Waals surface area contributed by atoms with Crippen LogP contribution in [0.1, 0.15) is 5.56 Å². The van der Waals surface area contributed by atoms with Gasteiger partial charge in [-0.25, -0.2) is 4.98 Å². The van der Waals surface area contributed by atoms with Gasteiger partial charge < -0.3 is 5.32 Å². The summed E-state index contributed by atoms with van der Waals surface area (Å²) in [5.74, 6) is 0.147. The second-order valence-corrected chi connectivity index (χ2v) is 7.21. The first-order chi connectivity index (χ1) is 11.7. The summed E-state index contributed by atoms with van der Waals surface area (Å²) in [5, 5.41) is 12.3. The number of pyridine rings is 1. The normalized spacial score (nSPS) is 11.2. The van der Waals surface area contributed by atoms with E-state index in [-0.39, 0.29) is 11.7 Å². The Hall–Kier alpha value is -2.45. The molecule has 0 saturated heterocycles. The molecule has 0 unspecified atom stereocenters. The molecule has 1 N–H and O–H groups in total. The molecule has 6 nitrogen and oxygen atoms in total. The van der Waals surface area contributed by atoms with Crippen molar-refractivity contribution in [2.75, 3.05) is 11.1 Å². The van der Waals surface area contributed by atoms with Crippen LogP contribution in [0, 0.1) is 6.92 Å². The monoisotopic (exact) mass is 355 g/mol. The highest BCUT2D eigenvalue weighted by Crippen LogP contribution is 2.27. The maximum atomic E-state index is 12.2. The minimum absolute atomic E-state index is 0.108. The molecule has 3 aromatic heterocycles. The number of carbonyl (C=O) groups is 1. The average Bonchev–Trinajstić information content (AvgIpc) is 3.16. The SMILES string of the molecule is Cc1ccc2nc(NC(=O)CSc3nnc4ccccn34)sc2c1. The van der Waals surface area contributed by atoms with Crippen molar-refractivity contribution >= 4 is 50.0 Å². The second-order valence-electron chi connectivity index (χ2n) is 5.24. The lowest BCUT2D eigenvalue weighted by atomic mass is 10.2. The Morgan fingerprint density at radius 1 is 1.29 bits per heavy atom. The average molecular weight is 355 g/mol. The van der Waals surface area contributed by atoms with Crippen molar-refractivity contribution < 1.29 is 4.79 Å². The molecule has 4 aromatic rings. The van der Waals surface area contributed by atoms with E-state index in [1.807, 2.05) is 47.9 Å². The number of aryl methyl sites for hydroxylation is 1. The number of carbonyl (C=O) groups excluding carboxylic acids is 1. The lowest BCUT2D eigenvalue weighted by Crippen LogP contribution is -2.14. The van der Waals surface area contributed by atoms with Crippen LogP contribution in [0.15, 0.2) is 47.8 Å². The van der Waals surface area contributed by atoms with Gasteiger partial charge >= 0.3 is 0 Å². The minimum Gasteiger partial charge on any atom is -0.301 e. The Balaban J connectivity index is 1.44. The molecular formula is C16H13N5OS2. The topological polar surface area (TPSA) is 72.2 Å². The summed E-state index contributed by atoms with van der Waals surface area (Å²) >= 11 is 2.83. The minimum atomic E-state index is -0.108. The number of rotatable bonds is 4. The number of fused-ring (bicyclic) bond motifs is 2. The van der Waals surface area contributed by atoms with Gasteiger partial charge in [0.15, 0.2) is 15.9 Å². The van der Waals surface area contributed by atoms with Gasteiger partial charge in [0.2, 0.25) is 5.91 Å². The van der Waals surface area contributed by atoms with Crippen molar-refractivity contribution in [3.05, 3.63) is 48.2 Å². The molecule has 0 radical (unpaired) electrons. The van der Waals surface area contributed by atoms with E-state index in [0.29, 0.717) is 10.3 Å². The van der Waals surface area contributed by atoms with Gasteiger partial charge in [0.05, 0.1) is 16.0 Å². The molecule has 0 atom stereocenters. The van der Waals surface area contributed by atoms with E-state index in [4.69, 9.17) is 0 Å². The molecule has 0 aliphatic carbocycles. The first-order valence-corrected chi connectivity index (χ1v) is 9.09. The number of thioether (sulfide) groups is 1. The summed E-state index contributed by atoms with van der Waals surface area (Å²) in [6.45, 7) is 2.04. The van der Waals surface area contributed by atoms with Gasteiger partial charge in [0, 0.05) is 6.20 Å². The molecule has 4 rings (SSSR count). The molecule has 120 valence electrons. The van der Waals surface area contributed by atoms with Crippen molar-refractivity contribution in [1.82, 2.24) is 19.6 Å². The summed E-state index contributed by atoms with van der Waals surface area (Å²) in [6.07, 6.45) is 1.88. The number of anilines is 1. The quantitative estimate of drug-likeness (QED) is 0.568. The molecule has 24 heavy (non-hydrogen) atoms. The van der Waals surface area contributed by atoms with Crippen molar-refractivity contribution in [1.29, 1.82) is 0 Å². The zero-order chi connectivity index (χ0) is 16.5. The lowest BCUT2D eigenvalue weighted by molar-refractivity contribution is -0.113. The maximum Gasteiger partial charge on any atom is 0.236 e. The third kappa shape index (κ3) is 2.98. The van der Waals surface area contributed by atoms with Gasteiger partial charge in [-0.3, -0.25) is 9.20 Å². The smallest absolute Gasteiger partial charge is 0.236 e. The van der Waals surface area contributed by atoms with Gasteiger partial charge in [-0.2, -0.15) is 0 Å². The molecule has 3 heterocycles. The molecular weight excluding hydrogens is 342 g/mol. The number of hydrogen-bond donors (Lipinski definition) is 1. The Morgan fingerprint density at radius 3 is 3.12 bits per heavy atom. The molecule has 1 aromatic carbocycles. The van der Waals surface area contributed by atoms with Gasteiger partial charge in [0.25, 0.3) is 0 Å². The fourth-order valence-electron chi connectivity index (χ4n) is 2.29. The predicted molar refractivity (Wildman–Crippen MR) is 96.7 cm³/mol. The molecule has 1 amide bonds. The molecule has 0 aliphatic rings. The fourth-order valence-corrected chi connectivity index (χ4v) is 3.99. The van der Waals surface area contributed by atoms with Crippen molar-refractivity contribution in [3.63, 3.8) is 0 Å². The number of aromatic nitrogens is 4. The van der Waals surface area contributed by atoms with Crippen molar-refractivity contribution in [2.24, 2.45) is 0 Å². The number of thiazole rings is 1. The zero-order valence-corrected chi connectivity index (χ0v) is 14.4. The third-order valence-electron chi connectivity index (χ3n) is 3.41. The highest BCUT2D eigenvalue weighted by Gasteiger charge is 2.11. The predicted octanol–water partition coefficient (Wildman–Crippen LogP) is 3.38. The van der Waals surface area contributed by atoms with Gasteiger partial charge in [-0.05, 0) is 36.8 Å². The summed E-state index contributed by atoms with van der Waals surface area (Å²) in [6, 6.07) is 11.7. The largest absolute Gasteiger partial charge is 0.301 e. The van der Waals surface area contributed by atoms with E-state index in [2.05, 4.69) is 26.6 Å². The van der Waals surface area contributed by atoms with Crippen LogP contribution in [0.3, 0.4) is 0 Å². The van der Waals surface area contributed by atoms with Crippen molar-refractivity contribution in [2.45, 2.75) is 12.1 Å². The molecule has 0 aliphatic heterocycles. The van der Waals surface area contributed by atoms with Gasteiger partial charge in [-0.15, -0.1) is 10.2 Å². The van der Waals surface area contributed by atoms with Crippen LogP contribution in [-0.2, 0) is 4.79 Å². The lowest BCUT2D eigenvalue weighted by Gasteiger charge is -2.00. The van der Waals surface area contributed by atoms with E-state index >= 15 is 0 Å². The highest BCUT2D eigenvalue weighted by atomic mass is 32.2. The molecule has 0 saturated carbocycles. The summed E-state index contributed by atoms with van der Waals surface area (Å²) in [4.78, 5) is 16.6. The van der Waals surface area contributed by atoms with Gasteiger partial charge in [0.1, 0.15) is 0 Å². The summed E-state index contributed by atoms with van der Waals surface area (Å²) in [5.41, 5.74) is 2.84. The summed E-state index contributed by atoms with van der Waals surface area (Å²) < 4.78 is 2.93. The Kier molecular flexibility index (Phi) is 3.91. The van der Waals surface area contributed by atoms with E-state index in [1.54, 1.807) is 0 Å². The van der Waals surface area contributed by atoms with Crippen LogP contribution in [0.5, 0.6) is 0 Å². The van der Waals surface area contributed by atoms with E-state index in [9.17, 15) is 4.79 Å². The van der Waals surface area contributed by atoms with Crippen molar-refractivity contribution in [3.8, 4) is 0 Å². The van der Waals surface area contributed by atoms with Crippen LogP contribution < -0.4 is 5.32 Å². The van der Waals surface area contributed by atoms with Crippen LogP contribution in [0.2, 0.25) is 0 Å². The Labute approximate surface area is 145 Å². The number of hydrogen-bond acceptors (Lipinski definition) is 6. The number of amides is 1. The molecule has 8 heteroatoms. The fraction of sp³-hybridized carbons (Fsp3) is 0.125. The van der Waals surface area contributed by atoms with Crippen LogP contribution >= 0.6 is 23.1 Å². The molecule has 0 fully saturated rings. The van der Waals surface area contributed by atoms with Crippen LogP contribution in [0.25, 0.3) is 15.9 Å². The first kappa shape index (κ1) is 15.1. The highest BCUT2D eigenvalue weighted by molar-refractivity contribution is 7.99. The van der Waals surface area contributed by atoms with Crippen LogP contribution in [-0.4, -0.2) is 31.2 Å². The van der Waals surface area contributed by atoms with E-state index in [1.165, 1.54) is 28.7 Å². The van der Waals surface area contributed by atoms with Gasteiger partial charge in [-0.1, -0.05) is 35.2 Å². The van der Waals surface area contributed by atoms with Crippen LogP contribution in [0.4, 0.5) is 5.13 Å². The molecule has 0 spiro atoms. The first-order valence-electron chi connectivity index (χ1n) is 7.29. The van der Waals surface area contributed by atoms with E-state index in [0.717, 1.165) is 15.9 Å².